The van der Waals surface area contributed by atoms with Gasteiger partial charge in [-0.1, -0.05) is 6.07 Å². The zero-order valence-corrected chi connectivity index (χ0v) is 10.5. The van der Waals surface area contributed by atoms with Gasteiger partial charge < -0.3 is 10.8 Å². The zero-order chi connectivity index (χ0) is 12.3. The Balaban J connectivity index is 2.25. The van der Waals surface area contributed by atoms with E-state index in [1.807, 2.05) is 31.2 Å². The second kappa shape index (κ2) is 5.40. The maximum Gasteiger partial charge on any atom is 0.0963 e. The van der Waals surface area contributed by atoms with Crippen molar-refractivity contribution in [2.45, 2.75) is 18.9 Å². The van der Waals surface area contributed by atoms with E-state index >= 15 is 0 Å². The number of hydrogen-bond acceptors (Lipinski definition) is 4. The van der Waals surface area contributed by atoms with Crippen LogP contribution < -0.4 is 5.73 Å². The smallest absolute Gasteiger partial charge is 0.0963 e. The van der Waals surface area contributed by atoms with E-state index in [-0.39, 0.29) is 5.92 Å². The summed E-state index contributed by atoms with van der Waals surface area (Å²) in [6.07, 6.45) is 2.93. The molecule has 17 heavy (non-hydrogen) atoms. The van der Waals surface area contributed by atoms with Gasteiger partial charge in [-0.2, -0.15) is 0 Å². The van der Waals surface area contributed by atoms with Crippen LogP contribution in [-0.2, 0) is 0 Å². The summed E-state index contributed by atoms with van der Waals surface area (Å²) in [5, 5.41) is 10.3. The molecule has 2 rings (SSSR count). The van der Waals surface area contributed by atoms with E-state index in [4.69, 9.17) is 5.73 Å². The summed E-state index contributed by atoms with van der Waals surface area (Å²) in [5.41, 5.74) is 6.75. The molecule has 2 aromatic rings. The molecule has 0 aliphatic carbocycles. The molecule has 0 fully saturated rings. The van der Waals surface area contributed by atoms with Crippen molar-refractivity contribution in [3.05, 3.63) is 52.0 Å². The highest BCUT2D eigenvalue weighted by Gasteiger charge is 2.22. The number of aromatic nitrogens is 1. The molecule has 2 aromatic heterocycles. The highest BCUT2D eigenvalue weighted by molar-refractivity contribution is 7.12. The van der Waals surface area contributed by atoms with Crippen LogP contribution in [0.5, 0.6) is 0 Å². The quantitative estimate of drug-likeness (QED) is 0.872. The number of aryl methyl sites for hydroxylation is 1. The Labute approximate surface area is 105 Å². The SMILES string of the molecule is Cc1ccc(C(O)C(CN)c2cccnc2)s1. The topological polar surface area (TPSA) is 59.1 Å². The van der Waals surface area contributed by atoms with Crippen molar-refractivity contribution in [2.24, 2.45) is 5.73 Å². The maximum atomic E-state index is 10.3. The monoisotopic (exact) mass is 248 g/mol. The second-order valence-electron chi connectivity index (χ2n) is 4.02. The first-order valence-corrected chi connectivity index (χ1v) is 6.38. The van der Waals surface area contributed by atoms with Crippen molar-refractivity contribution in [2.75, 3.05) is 6.54 Å². The number of rotatable bonds is 4. The number of aliphatic hydroxyl groups is 1. The number of nitrogens with zero attached hydrogens (tertiary/aromatic N) is 1. The van der Waals surface area contributed by atoms with Crippen LogP contribution in [-0.4, -0.2) is 16.6 Å². The van der Waals surface area contributed by atoms with E-state index in [2.05, 4.69) is 4.98 Å². The fourth-order valence-corrected chi connectivity index (χ4v) is 2.78. The number of aliphatic hydroxyl groups excluding tert-OH is 1. The lowest BCUT2D eigenvalue weighted by atomic mass is 9.94. The molecule has 0 aliphatic rings. The molecule has 2 unspecified atom stereocenters. The minimum atomic E-state index is -0.553. The van der Waals surface area contributed by atoms with E-state index in [9.17, 15) is 5.11 Å². The van der Waals surface area contributed by atoms with Gasteiger partial charge in [0.25, 0.3) is 0 Å². The Kier molecular flexibility index (Phi) is 3.89. The van der Waals surface area contributed by atoms with Crippen LogP contribution in [0, 0.1) is 6.92 Å². The highest BCUT2D eigenvalue weighted by Crippen LogP contribution is 2.33. The third-order valence-corrected chi connectivity index (χ3v) is 3.87. The normalized spacial score (nSPS) is 14.5. The summed E-state index contributed by atoms with van der Waals surface area (Å²) in [7, 11) is 0. The Morgan fingerprint density at radius 1 is 1.41 bits per heavy atom. The Morgan fingerprint density at radius 3 is 2.76 bits per heavy atom. The molecule has 3 N–H and O–H groups in total. The second-order valence-corrected chi connectivity index (χ2v) is 5.34. The number of thiophene rings is 1. The zero-order valence-electron chi connectivity index (χ0n) is 9.71. The molecule has 0 aromatic carbocycles. The lowest BCUT2D eigenvalue weighted by molar-refractivity contribution is 0.151. The molecule has 3 nitrogen and oxygen atoms in total. The number of nitrogens with two attached hydrogens (primary N) is 1. The molecular formula is C13H16N2OS. The summed E-state index contributed by atoms with van der Waals surface area (Å²) >= 11 is 1.61. The van der Waals surface area contributed by atoms with Crippen molar-refractivity contribution >= 4 is 11.3 Å². The molecule has 4 heteroatoms. The predicted molar refractivity (Wildman–Crippen MR) is 70.0 cm³/mol. The summed E-state index contributed by atoms with van der Waals surface area (Å²) in [6.45, 7) is 2.44. The summed E-state index contributed by atoms with van der Waals surface area (Å²) < 4.78 is 0. The molecule has 0 saturated heterocycles. The summed E-state index contributed by atoms with van der Waals surface area (Å²) in [4.78, 5) is 6.23. The first-order chi connectivity index (χ1) is 8.22. The van der Waals surface area contributed by atoms with E-state index in [0.29, 0.717) is 6.54 Å². The van der Waals surface area contributed by atoms with E-state index in [1.54, 1.807) is 23.7 Å². The third kappa shape index (κ3) is 2.72. The van der Waals surface area contributed by atoms with Crippen LogP contribution in [0.1, 0.15) is 27.3 Å². The molecule has 0 bridgehead atoms. The summed E-state index contributed by atoms with van der Waals surface area (Å²) in [6, 6.07) is 7.79. The number of hydrogen-bond donors (Lipinski definition) is 2. The molecule has 0 radical (unpaired) electrons. The third-order valence-electron chi connectivity index (χ3n) is 2.80. The van der Waals surface area contributed by atoms with Gasteiger partial charge in [-0.15, -0.1) is 11.3 Å². The predicted octanol–water partition coefficient (Wildman–Crippen LogP) is 2.23. The van der Waals surface area contributed by atoms with Crippen molar-refractivity contribution < 1.29 is 5.11 Å². The van der Waals surface area contributed by atoms with E-state index in [0.717, 1.165) is 10.4 Å². The van der Waals surface area contributed by atoms with Crippen LogP contribution in [0.25, 0.3) is 0 Å². The first kappa shape index (κ1) is 12.2. The minimum absolute atomic E-state index is 0.0956. The molecule has 2 heterocycles. The van der Waals surface area contributed by atoms with Crippen LogP contribution in [0.2, 0.25) is 0 Å². The standard InChI is InChI=1S/C13H16N2OS/c1-9-4-5-12(17-9)13(16)11(7-14)10-3-2-6-15-8-10/h2-6,8,11,13,16H,7,14H2,1H3. The molecule has 0 aliphatic heterocycles. The Morgan fingerprint density at radius 2 is 2.24 bits per heavy atom. The van der Waals surface area contributed by atoms with Gasteiger partial charge in [0, 0.05) is 34.6 Å². The van der Waals surface area contributed by atoms with Crippen molar-refractivity contribution in [3.63, 3.8) is 0 Å². The molecule has 0 spiro atoms. The molecule has 2 atom stereocenters. The average Bonchev–Trinajstić information content (AvgIpc) is 2.78. The van der Waals surface area contributed by atoms with Gasteiger partial charge in [0.2, 0.25) is 0 Å². The largest absolute Gasteiger partial charge is 0.387 e. The van der Waals surface area contributed by atoms with Crippen LogP contribution in [0.4, 0.5) is 0 Å². The molecular weight excluding hydrogens is 232 g/mol. The van der Waals surface area contributed by atoms with Gasteiger partial charge in [0.05, 0.1) is 6.10 Å². The fourth-order valence-electron chi connectivity index (χ4n) is 1.85. The lowest BCUT2D eigenvalue weighted by Gasteiger charge is -2.20. The van der Waals surface area contributed by atoms with Gasteiger partial charge in [-0.25, -0.2) is 0 Å². The van der Waals surface area contributed by atoms with Gasteiger partial charge in [-0.05, 0) is 30.7 Å². The summed E-state index contributed by atoms with van der Waals surface area (Å²) in [5.74, 6) is -0.0956. The number of pyridine rings is 1. The van der Waals surface area contributed by atoms with Crippen molar-refractivity contribution in [1.82, 2.24) is 4.98 Å². The van der Waals surface area contributed by atoms with E-state index in [1.165, 1.54) is 4.88 Å². The Hall–Kier alpha value is -1.23. The Bertz CT molecular complexity index is 469. The average molecular weight is 248 g/mol. The van der Waals surface area contributed by atoms with Gasteiger partial charge in [0.15, 0.2) is 0 Å². The molecule has 0 saturated carbocycles. The molecule has 90 valence electrons. The fraction of sp³-hybridized carbons (Fsp3) is 0.308. The van der Waals surface area contributed by atoms with Crippen LogP contribution in [0.3, 0.4) is 0 Å². The van der Waals surface area contributed by atoms with Gasteiger partial charge in [0.1, 0.15) is 0 Å². The maximum absolute atomic E-state index is 10.3. The van der Waals surface area contributed by atoms with Crippen LogP contribution >= 0.6 is 11.3 Å². The highest BCUT2D eigenvalue weighted by atomic mass is 32.1. The molecule has 0 amide bonds. The van der Waals surface area contributed by atoms with E-state index < -0.39 is 6.10 Å². The lowest BCUT2D eigenvalue weighted by Crippen LogP contribution is -2.19. The van der Waals surface area contributed by atoms with Gasteiger partial charge >= 0.3 is 0 Å². The first-order valence-electron chi connectivity index (χ1n) is 5.56. The van der Waals surface area contributed by atoms with Gasteiger partial charge in [-0.3, -0.25) is 4.98 Å². The van der Waals surface area contributed by atoms with Crippen molar-refractivity contribution in [3.8, 4) is 0 Å². The van der Waals surface area contributed by atoms with Crippen LogP contribution in [0.15, 0.2) is 36.7 Å². The van der Waals surface area contributed by atoms with Crippen molar-refractivity contribution in [1.29, 1.82) is 0 Å². The minimum Gasteiger partial charge on any atom is -0.387 e.